The van der Waals surface area contributed by atoms with Gasteiger partial charge in [-0.3, -0.25) is 14.5 Å². The molecular formula is C19H19FN4O5S. The van der Waals surface area contributed by atoms with Crippen LogP contribution in [0.5, 0.6) is 0 Å². The molecule has 0 bridgehead atoms. The molecule has 0 saturated carbocycles. The van der Waals surface area contributed by atoms with Crippen LogP contribution < -0.4 is 10.6 Å². The van der Waals surface area contributed by atoms with Crippen molar-refractivity contribution in [2.45, 2.75) is 32.4 Å². The van der Waals surface area contributed by atoms with Gasteiger partial charge in [0.2, 0.25) is 5.91 Å². The van der Waals surface area contributed by atoms with Crippen LogP contribution in [0.4, 0.5) is 14.3 Å². The lowest BCUT2D eigenvalue weighted by molar-refractivity contribution is -0.128. The van der Waals surface area contributed by atoms with Crippen molar-refractivity contribution in [1.82, 2.24) is 15.2 Å². The number of hydrogen-bond donors (Lipinski definition) is 2. The Balaban J connectivity index is 1.51. The number of nitrogens with one attached hydrogen (secondary N) is 2. The minimum Gasteiger partial charge on any atom is -0.461 e. The Bertz CT molecular complexity index is 979. The molecule has 0 aliphatic carbocycles. The number of nitrogens with zero attached hydrogens (tertiary/aromatic N) is 2. The van der Waals surface area contributed by atoms with Gasteiger partial charge in [0, 0.05) is 11.8 Å². The Morgan fingerprint density at radius 3 is 2.90 bits per heavy atom. The number of rotatable bonds is 8. The number of benzene rings is 1. The molecule has 1 aliphatic rings. The Hall–Kier alpha value is -3.34. The molecule has 1 fully saturated rings. The summed E-state index contributed by atoms with van der Waals surface area (Å²) < 4.78 is 18.1. The molecule has 2 N–H and O–H groups in total. The number of aromatic nitrogens is 1. The van der Waals surface area contributed by atoms with Crippen LogP contribution in [-0.4, -0.2) is 46.3 Å². The third kappa shape index (κ3) is 5.17. The highest BCUT2D eigenvalue weighted by Crippen LogP contribution is 2.18. The van der Waals surface area contributed by atoms with Gasteiger partial charge < -0.3 is 15.4 Å². The predicted octanol–water partition coefficient (Wildman–Crippen LogP) is 2.30. The second-order valence-electron chi connectivity index (χ2n) is 6.40. The molecule has 11 heteroatoms. The SMILES string of the molecule is CCOC(=O)c1csc(NC(=O)CCC2NC(=O)N(Cc3cccc(F)c3)C2=O)n1. The topological polar surface area (TPSA) is 118 Å². The second kappa shape index (κ2) is 9.44. The van der Waals surface area contributed by atoms with E-state index in [4.69, 9.17) is 4.74 Å². The standard InChI is InChI=1S/C19H19FN4O5S/c1-2-29-17(27)14-10-30-18(21-14)23-15(25)7-6-13-16(26)24(19(28)22-13)9-11-4-3-5-12(20)8-11/h3-5,8,10,13H,2,6-7,9H2,1H3,(H,22,28)(H,21,23,25). The summed E-state index contributed by atoms with van der Waals surface area (Å²) in [5.41, 5.74) is 0.585. The summed E-state index contributed by atoms with van der Waals surface area (Å²) in [6.07, 6.45) is 0.0466. The molecule has 1 saturated heterocycles. The number of anilines is 1. The van der Waals surface area contributed by atoms with Crippen LogP contribution in [0.1, 0.15) is 35.8 Å². The summed E-state index contributed by atoms with van der Waals surface area (Å²) in [6.45, 7) is 1.84. The molecule has 1 atom stereocenters. The van der Waals surface area contributed by atoms with Gasteiger partial charge in [-0.2, -0.15) is 0 Å². The fraction of sp³-hybridized carbons (Fsp3) is 0.316. The molecule has 158 valence electrons. The lowest BCUT2D eigenvalue weighted by Gasteiger charge is -2.13. The van der Waals surface area contributed by atoms with E-state index in [0.29, 0.717) is 5.56 Å². The van der Waals surface area contributed by atoms with Crippen molar-refractivity contribution in [2.75, 3.05) is 11.9 Å². The fourth-order valence-corrected chi connectivity index (χ4v) is 3.52. The lowest BCUT2D eigenvalue weighted by atomic mass is 10.1. The maximum absolute atomic E-state index is 13.3. The van der Waals surface area contributed by atoms with E-state index in [9.17, 15) is 23.6 Å². The number of hydrogen-bond acceptors (Lipinski definition) is 7. The Morgan fingerprint density at radius 1 is 1.37 bits per heavy atom. The van der Waals surface area contributed by atoms with Gasteiger partial charge in [-0.05, 0) is 31.0 Å². The van der Waals surface area contributed by atoms with Crippen molar-refractivity contribution in [3.05, 3.63) is 46.7 Å². The molecule has 1 aromatic carbocycles. The molecule has 9 nitrogen and oxygen atoms in total. The fourth-order valence-electron chi connectivity index (χ4n) is 2.83. The van der Waals surface area contributed by atoms with Gasteiger partial charge in [0.25, 0.3) is 5.91 Å². The number of carbonyl (C=O) groups is 4. The van der Waals surface area contributed by atoms with Crippen LogP contribution in [0, 0.1) is 5.82 Å². The number of carbonyl (C=O) groups excluding carboxylic acids is 4. The zero-order valence-electron chi connectivity index (χ0n) is 16.0. The van der Waals surface area contributed by atoms with Crippen molar-refractivity contribution in [3.63, 3.8) is 0 Å². The molecule has 2 aromatic rings. The monoisotopic (exact) mass is 434 g/mol. The van der Waals surface area contributed by atoms with Gasteiger partial charge >= 0.3 is 12.0 Å². The van der Waals surface area contributed by atoms with Gasteiger partial charge in [0.1, 0.15) is 11.9 Å². The molecular weight excluding hydrogens is 415 g/mol. The maximum atomic E-state index is 13.3. The quantitative estimate of drug-likeness (QED) is 0.486. The van der Waals surface area contributed by atoms with Gasteiger partial charge in [0.15, 0.2) is 10.8 Å². The first kappa shape index (κ1) is 21.4. The Labute approximate surface area is 175 Å². The van der Waals surface area contributed by atoms with Gasteiger partial charge in [-0.15, -0.1) is 11.3 Å². The van der Waals surface area contributed by atoms with E-state index < -0.39 is 35.7 Å². The summed E-state index contributed by atoms with van der Waals surface area (Å²) in [5, 5.41) is 6.78. The predicted molar refractivity (Wildman–Crippen MR) is 105 cm³/mol. The van der Waals surface area contributed by atoms with Crippen LogP contribution in [0.2, 0.25) is 0 Å². The third-order valence-corrected chi connectivity index (χ3v) is 4.99. The van der Waals surface area contributed by atoms with Crippen LogP contribution in [0.15, 0.2) is 29.6 Å². The van der Waals surface area contributed by atoms with Crippen LogP contribution in [0.3, 0.4) is 0 Å². The zero-order valence-corrected chi connectivity index (χ0v) is 16.8. The van der Waals surface area contributed by atoms with Crippen molar-refractivity contribution < 1.29 is 28.3 Å². The van der Waals surface area contributed by atoms with E-state index in [-0.39, 0.29) is 36.8 Å². The van der Waals surface area contributed by atoms with Crippen molar-refractivity contribution in [2.24, 2.45) is 0 Å². The summed E-state index contributed by atoms with van der Waals surface area (Å²) in [4.78, 5) is 53.3. The molecule has 4 amide bonds. The zero-order chi connectivity index (χ0) is 21.7. The summed E-state index contributed by atoms with van der Waals surface area (Å²) >= 11 is 1.07. The normalized spacial score (nSPS) is 15.8. The van der Waals surface area contributed by atoms with E-state index in [1.165, 1.54) is 23.6 Å². The number of ether oxygens (including phenoxy) is 1. The molecule has 0 radical (unpaired) electrons. The highest BCUT2D eigenvalue weighted by Gasteiger charge is 2.37. The number of imide groups is 1. The van der Waals surface area contributed by atoms with E-state index in [2.05, 4.69) is 15.6 Å². The van der Waals surface area contributed by atoms with Crippen molar-refractivity contribution in [1.29, 1.82) is 0 Å². The molecule has 1 aliphatic heterocycles. The first-order valence-electron chi connectivity index (χ1n) is 9.16. The molecule has 2 heterocycles. The average molecular weight is 434 g/mol. The maximum Gasteiger partial charge on any atom is 0.357 e. The van der Waals surface area contributed by atoms with E-state index in [0.717, 1.165) is 16.2 Å². The number of urea groups is 1. The molecule has 3 rings (SSSR count). The molecule has 30 heavy (non-hydrogen) atoms. The summed E-state index contributed by atoms with van der Waals surface area (Å²) in [7, 11) is 0. The largest absolute Gasteiger partial charge is 0.461 e. The summed E-state index contributed by atoms with van der Waals surface area (Å²) in [5.74, 6) is -1.92. The smallest absolute Gasteiger partial charge is 0.357 e. The number of esters is 1. The van der Waals surface area contributed by atoms with Crippen molar-refractivity contribution >= 4 is 40.3 Å². The van der Waals surface area contributed by atoms with E-state index in [1.807, 2.05) is 0 Å². The first-order chi connectivity index (χ1) is 14.4. The van der Waals surface area contributed by atoms with Crippen LogP contribution in [0.25, 0.3) is 0 Å². The summed E-state index contributed by atoms with van der Waals surface area (Å²) in [6, 6.07) is 4.20. The van der Waals surface area contributed by atoms with Crippen LogP contribution >= 0.6 is 11.3 Å². The number of thiazole rings is 1. The van der Waals surface area contributed by atoms with Gasteiger partial charge in [-0.1, -0.05) is 12.1 Å². The van der Waals surface area contributed by atoms with Crippen LogP contribution in [-0.2, 0) is 20.9 Å². The highest BCUT2D eigenvalue weighted by molar-refractivity contribution is 7.14. The van der Waals surface area contributed by atoms with E-state index in [1.54, 1.807) is 13.0 Å². The molecule has 1 unspecified atom stereocenters. The second-order valence-corrected chi connectivity index (χ2v) is 7.26. The molecule has 0 spiro atoms. The highest BCUT2D eigenvalue weighted by atomic mass is 32.1. The number of halogens is 1. The van der Waals surface area contributed by atoms with Gasteiger partial charge in [-0.25, -0.2) is 19.0 Å². The minimum absolute atomic E-state index is 0.0428. The number of amides is 4. The third-order valence-electron chi connectivity index (χ3n) is 4.23. The molecule has 1 aromatic heterocycles. The Morgan fingerprint density at radius 2 is 2.17 bits per heavy atom. The minimum atomic E-state index is -0.844. The Kier molecular flexibility index (Phi) is 6.72. The average Bonchev–Trinajstić information content (AvgIpc) is 3.27. The van der Waals surface area contributed by atoms with E-state index >= 15 is 0 Å². The van der Waals surface area contributed by atoms with Crippen molar-refractivity contribution in [3.8, 4) is 0 Å². The van der Waals surface area contributed by atoms with Gasteiger partial charge in [0.05, 0.1) is 13.2 Å². The lowest BCUT2D eigenvalue weighted by Crippen LogP contribution is -2.31. The first-order valence-corrected chi connectivity index (χ1v) is 10.0.